The van der Waals surface area contributed by atoms with Crippen LogP contribution in [0.5, 0.6) is 0 Å². The highest BCUT2D eigenvalue weighted by molar-refractivity contribution is 7.11. The van der Waals surface area contributed by atoms with Crippen molar-refractivity contribution in [1.29, 1.82) is 0 Å². The van der Waals surface area contributed by atoms with Gasteiger partial charge in [-0.2, -0.15) is 0 Å². The van der Waals surface area contributed by atoms with Crippen LogP contribution in [0.2, 0.25) is 0 Å². The minimum atomic E-state index is -0.656. The molecule has 3 heterocycles. The van der Waals surface area contributed by atoms with Gasteiger partial charge in [-0.1, -0.05) is 6.07 Å². The predicted octanol–water partition coefficient (Wildman–Crippen LogP) is 1.75. The summed E-state index contributed by atoms with van der Waals surface area (Å²) in [5.74, 6) is -1.29. The Bertz CT molecular complexity index is 997. The van der Waals surface area contributed by atoms with Gasteiger partial charge in [0, 0.05) is 33.8 Å². The standard InChI is InChI=1S/C20H19N3O4S/c1-11-2-5-14(28-11)9-21-18(25)12-3-4-13-10-23(20(27)15(13)8-12)16-6-7-17(24)22-19(16)26/h2-5,8,16H,6-7,9-10H2,1H3,(H,21,25)(H,22,24,26). The van der Waals surface area contributed by atoms with Crippen LogP contribution < -0.4 is 10.6 Å². The molecule has 2 aromatic rings. The van der Waals surface area contributed by atoms with Crippen molar-refractivity contribution in [3.8, 4) is 0 Å². The first-order valence-corrected chi connectivity index (χ1v) is 9.85. The van der Waals surface area contributed by atoms with Gasteiger partial charge in [0.2, 0.25) is 11.8 Å². The number of fused-ring (bicyclic) bond motifs is 1. The van der Waals surface area contributed by atoms with Gasteiger partial charge in [-0.15, -0.1) is 11.3 Å². The van der Waals surface area contributed by atoms with Crippen LogP contribution in [0.4, 0.5) is 0 Å². The number of hydrogen-bond acceptors (Lipinski definition) is 5. The third-order valence-corrected chi connectivity index (χ3v) is 6.01. The van der Waals surface area contributed by atoms with Crippen molar-refractivity contribution >= 4 is 35.0 Å². The van der Waals surface area contributed by atoms with Crippen molar-refractivity contribution < 1.29 is 19.2 Å². The number of carbonyl (C=O) groups is 4. The van der Waals surface area contributed by atoms with E-state index in [1.807, 2.05) is 19.1 Å². The smallest absolute Gasteiger partial charge is 0.255 e. The van der Waals surface area contributed by atoms with Gasteiger partial charge >= 0.3 is 0 Å². The molecule has 2 aliphatic rings. The Balaban J connectivity index is 1.47. The van der Waals surface area contributed by atoms with Crippen molar-refractivity contribution in [1.82, 2.24) is 15.5 Å². The molecular formula is C20H19N3O4S. The van der Waals surface area contributed by atoms with Gasteiger partial charge in [0.1, 0.15) is 6.04 Å². The van der Waals surface area contributed by atoms with Crippen LogP contribution >= 0.6 is 11.3 Å². The lowest BCUT2D eigenvalue weighted by atomic mass is 10.0. The molecule has 2 aliphatic heterocycles. The molecule has 1 aromatic heterocycles. The number of amides is 4. The summed E-state index contributed by atoms with van der Waals surface area (Å²) in [5, 5.41) is 5.15. The number of nitrogens with zero attached hydrogens (tertiary/aromatic N) is 1. The molecule has 1 aromatic carbocycles. The molecule has 144 valence electrons. The maximum absolute atomic E-state index is 12.8. The fourth-order valence-electron chi connectivity index (χ4n) is 3.55. The minimum Gasteiger partial charge on any atom is -0.347 e. The average Bonchev–Trinajstić information content (AvgIpc) is 3.23. The summed E-state index contributed by atoms with van der Waals surface area (Å²) in [6, 6.07) is 8.35. The average molecular weight is 397 g/mol. The molecule has 1 unspecified atom stereocenters. The van der Waals surface area contributed by atoms with E-state index < -0.39 is 11.9 Å². The van der Waals surface area contributed by atoms with Gasteiger partial charge < -0.3 is 10.2 Å². The van der Waals surface area contributed by atoms with E-state index in [0.29, 0.717) is 30.6 Å². The largest absolute Gasteiger partial charge is 0.347 e. The third-order valence-electron chi connectivity index (χ3n) is 5.01. The number of hydrogen-bond donors (Lipinski definition) is 2. The van der Waals surface area contributed by atoms with E-state index in [4.69, 9.17) is 0 Å². The first-order valence-electron chi connectivity index (χ1n) is 9.03. The molecule has 0 radical (unpaired) electrons. The Kier molecular flexibility index (Phi) is 4.72. The molecule has 0 bridgehead atoms. The highest BCUT2D eigenvalue weighted by Gasteiger charge is 2.39. The van der Waals surface area contributed by atoms with E-state index in [2.05, 4.69) is 10.6 Å². The summed E-state index contributed by atoms with van der Waals surface area (Å²) < 4.78 is 0. The van der Waals surface area contributed by atoms with E-state index in [1.54, 1.807) is 29.5 Å². The SMILES string of the molecule is Cc1ccc(CNC(=O)c2ccc3c(c2)C(=O)N(C2CCC(=O)NC2=O)C3)s1. The van der Waals surface area contributed by atoms with Crippen LogP contribution in [0.1, 0.15) is 48.9 Å². The Morgan fingerprint density at radius 2 is 2.07 bits per heavy atom. The maximum atomic E-state index is 12.8. The lowest BCUT2D eigenvalue weighted by molar-refractivity contribution is -0.136. The first-order chi connectivity index (χ1) is 13.4. The van der Waals surface area contributed by atoms with Crippen LogP contribution in [0.3, 0.4) is 0 Å². The number of rotatable bonds is 4. The topological polar surface area (TPSA) is 95.6 Å². The Morgan fingerprint density at radius 3 is 2.79 bits per heavy atom. The van der Waals surface area contributed by atoms with Gasteiger partial charge in [0.25, 0.3) is 11.8 Å². The van der Waals surface area contributed by atoms with Crippen molar-refractivity contribution in [2.75, 3.05) is 0 Å². The third kappa shape index (κ3) is 3.43. The van der Waals surface area contributed by atoms with Gasteiger partial charge in [0.15, 0.2) is 0 Å². The molecule has 1 atom stereocenters. The fourth-order valence-corrected chi connectivity index (χ4v) is 4.38. The maximum Gasteiger partial charge on any atom is 0.255 e. The summed E-state index contributed by atoms with van der Waals surface area (Å²) in [4.78, 5) is 52.4. The van der Waals surface area contributed by atoms with E-state index in [-0.39, 0.29) is 24.1 Å². The molecule has 4 amide bonds. The number of carbonyl (C=O) groups excluding carboxylic acids is 4. The summed E-state index contributed by atoms with van der Waals surface area (Å²) in [6.07, 6.45) is 0.532. The molecule has 28 heavy (non-hydrogen) atoms. The number of aryl methyl sites for hydroxylation is 1. The highest BCUT2D eigenvalue weighted by atomic mass is 32.1. The van der Waals surface area contributed by atoms with Gasteiger partial charge in [-0.25, -0.2) is 0 Å². The molecule has 1 fully saturated rings. The molecular weight excluding hydrogens is 378 g/mol. The van der Waals surface area contributed by atoms with Crippen molar-refractivity contribution in [2.24, 2.45) is 0 Å². The second-order valence-electron chi connectivity index (χ2n) is 6.97. The molecule has 0 saturated carbocycles. The predicted molar refractivity (Wildman–Crippen MR) is 103 cm³/mol. The number of thiophene rings is 1. The van der Waals surface area contributed by atoms with E-state index in [9.17, 15) is 19.2 Å². The molecule has 0 aliphatic carbocycles. The van der Waals surface area contributed by atoms with Gasteiger partial charge in [-0.05, 0) is 43.2 Å². The molecule has 1 saturated heterocycles. The Hall–Kier alpha value is -3.00. The molecule has 8 heteroatoms. The van der Waals surface area contributed by atoms with Crippen LogP contribution in [0.15, 0.2) is 30.3 Å². The van der Waals surface area contributed by atoms with Crippen molar-refractivity contribution in [3.63, 3.8) is 0 Å². The monoisotopic (exact) mass is 397 g/mol. The molecule has 2 N–H and O–H groups in total. The molecule has 0 spiro atoms. The lowest BCUT2D eigenvalue weighted by Gasteiger charge is -2.29. The van der Waals surface area contributed by atoms with Gasteiger partial charge in [0.05, 0.1) is 6.54 Å². The zero-order chi connectivity index (χ0) is 19.8. The van der Waals surface area contributed by atoms with Crippen LogP contribution in [0, 0.1) is 6.92 Å². The van der Waals surface area contributed by atoms with Crippen molar-refractivity contribution in [2.45, 2.75) is 38.9 Å². The fraction of sp³-hybridized carbons (Fsp3) is 0.300. The van der Waals surface area contributed by atoms with Crippen LogP contribution in [0.25, 0.3) is 0 Å². The summed E-state index contributed by atoms with van der Waals surface area (Å²) >= 11 is 1.62. The normalized spacial score (nSPS) is 18.8. The first kappa shape index (κ1) is 18.4. The van der Waals surface area contributed by atoms with E-state index in [1.165, 1.54) is 9.78 Å². The zero-order valence-electron chi connectivity index (χ0n) is 15.3. The molecule has 4 rings (SSSR count). The number of nitrogens with one attached hydrogen (secondary N) is 2. The van der Waals surface area contributed by atoms with Gasteiger partial charge in [-0.3, -0.25) is 24.5 Å². The summed E-state index contributed by atoms with van der Waals surface area (Å²) in [5.41, 5.74) is 1.62. The number of piperidine rings is 1. The highest BCUT2D eigenvalue weighted by Crippen LogP contribution is 2.28. The summed E-state index contributed by atoms with van der Waals surface area (Å²) in [6.45, 7) is 2.75. The second kappa shape index (κ2) is 7.20. The lowest BCUT2D eigenvalue weighted by Crippen LogP contribution is -2.52. The Labute approximate surface area is 165 Å². The zero-order valence-corrected chi connectivity index (χ0v) is 16.1. The quantitative estimate of drug-likeness (QED) is 0.769. The second-order valence-corrected chi connectivity index (χ2v) is 8.34. The number of benzene rings is 1. The summed E-state index contributed by atoms with van der Waals surface area (Å²) in [7, 11) is 0. The van der Waals surface area contributed by atoms with Crippen LogP contribution in [-0.2, 0) is 22.7 Å². The number of imide groups is 1. The van der Waals surface area contributed by atoms with Crippen LogP contribution in [-0.4, -0.2) is 34.6 Å². The minimum absolute atomic E-state index is 0.215. The molecule has 7 nitrogen and oxygen atoms in total. The van der Waals surface area contributed by atoms with E-state index in [0.717, 1.165) is 10.4 Å². The Morgan fingerprint density at radius 1 is 1.25 bits per heavy atom. The van der Waals surface area contributed by atoms with Crippen molar-refractivity contribution in [3.05, 3.63) is 56.8 Å². The van der Waals surface area contributed by atoms with E-state index >= 15 is 0 Å².